The summed E-state index contributed by atoms with van der Waals surface area (Å²) in [4.78, 5) is 12.4. The largest absolute Gasteiger partial charge is 0.509 e. The maximum Gasteiger partial charge on any atom is 0.391 e. The van der Waals surface area contributed by atoms with Crippen molar-refractivity contribution in [1.82, 2.24) is 5.32 Å². The smallest absolute Gasteiger partial charge is 0.391 e. The van der Waals surface area contributed by atoms with Gasteiger partial charge in [-0.15, -0.1) is 0 Å². The lowest BCUT2D eigenvalue weighted by molar-refractivity contribution is -0.184. The van der Waals surface area contributed by atoms with Gasteiger partial charge in [-0.2, -0.15) is 13.2 Å². The Balaban J connectivity index is 1.95. The van der Waals surface area contributed by atoms with E-state index in [0.29, 0.717) is 5.56 Å². The van der Waals surface area contributed by atoms with Gasteiger partial charge in [0.15, 0.2) is 0 Å². The van der Waals surface area contributed by atoms with Gasteiger partial charge in [0, 0.05) is 4.47 Å². The van der Waals surface area contributed by atoms with Gasteiger partial charge in [0.05, 0.1) is 17.0 Å². The van der Waals surface area contributed by atoms with Crippen molar-refractivity contribution in [3.63, 3.8) is 0 Å². The number of alkyl halides is 3. The molecule has 7 heteroatoms. The fraction of sp³-hybridized carbons (Fsp3) is 0.471. The molecule has 1 heterocycles. The Morgan fingerprint density at radius 3 is 2.50 bits per heavy atom. The van der Waals surface area contributed by atoms with Crippen LogP contribution in [0.3, 0.4) is 0 Å². The number of hydrogen-bond donors (Lipinski definition) is 2. The Labute approximate surface area is 146 Å². The first-order chi connectivity index (χ1) is 11.1. The predicted molar refractivity (Wildman–Crippen MR) is 87.3 cm³/mol. The minimum atomic E-state index is -4.23. The van der Waals surface area contributed by atoms with Gasteiger partial charge in [0.2, 0.25) is 0 Å². The van der Waals surface area contributed by atoms with E-state index in [1.54, 1.807) is 6.07 Å². The SMILES string of the molecule is Cc1ccc(Br)cc1C1=C(O)[C@]2(CC[C@H](C(F)(F)F)CC2)NC1=O. The van der Waals surface area contributed by atoms with Gasteiger partial charge in [0.1, 0.15) is 5.76 Å². The summed E-state index contributed by atoms with van der Waals surface area (Å²) in [6, 6.07) is 5.38. The Kier molecular flexibility index (Phi) is 4.18. The van der Waals surface area contributed by atoms with E-state index in [4.69, 9.17) is 0 Å². The molecule has 1 fully saturated rings. The van der Waals surface area contributed by atoms with Crippen molar-refractivity contribution in [2.24, 2.45) is 5.92 Å². The standard InChI is InChI=1S/C17H17BrF3NO2/c1-9-2-3-11(18)8-12(9)13-14(23)16(22-15(13)24)6-4-10(5-7-16)17(19,20)21/h2-3,8,10,23H,4-7H2,1H3,(H,22,24)/t10-,16+. The van der Waals surface area contributed by atoms with Crippen LogP contribution in [0.15, 0.2) is 28.4 Å². The van der Waals surface area contributed by atoms with Crippen LogP contribution in [0, 0.1) is 12.8 Å². The van der Waals surface area contributed by atoms with Crippen molar-refractivity contribution in [1.29, 1.82) is 0 Å². The molecule has 0 aromatic heterocycles. The molecule has 0 unspecified atom stereocenters. The third-order valence-electron chi connectivity index (χ3n) is 5.04. The maximum absolute atomic E-state index is 12.9. The third kappa shape index (κ3) is 2.83. The van der Waals surface area contributed by atoms with E-state index in [-0.39, 0.29) is 37.0 Å². The number of amides is 1. The van der Waals surface area contributed by atoms with E-state index < -0.39 is 23.5 Å². The molecule has 0 radical (unpaired) electrons. The first kappa shape index (κ1) is 17.3. The van der Waals surface area contributed by atoms with Crippen LogP contribution in [0.25, 0.3) is 5.57 Å². The van der Waals surface area contributed by atoms with Gasteiger partial charge in [-0.1, -0.05) is 22.0 Å². The topological polar surface area (TPSA) is 49.3 Å². The minimum Gasteiger partial charge on any atom is -0.509 e. The highest BCUT2D eigenvalue weighted by Gasteiger charge is 2.52. The summed E-state index contributed by atoms with van der Waals surface area (Å²) < 4.78 is 39.3. The number of aliphatic hydroxyl groups excluding tert-OH is 1. The summed E-state index contributed by atoms with van der Waals surface area (Å²) in [5.74, 6) is -1.93. The van der Waals surface area contributed by atoms with Gasteiger partial charge in [-0.3, -0.25) is 4.79 Å². The summed E-state index contributed by atoms with van der Waals surface area (Å²) in [6.45, 7) is 1.82. The number of aryl methyl sites for hydroxylation is 1. The number of benzene rings is 1. The Hall–Kier alpha value is -1.50. The molecular formula is C17H17BrF3NO2. The van der Waals surface area contributed by atoms with Crippen molar-refractivity contribution in [2.45, 2.75) is 44.3 Å². The molecule has 130 valence electrons. The summed E-state index contributed by atoms with van der Waals surface area (Å²) in [7, 11) is 0. The highest BCUT2D eigenvalue weighted by Crippen LogP contribution is 2.47. The molecule has 1 aromatic rings. The van der Waals surface area contributed by atoms with Crippen LogP contribution in [0.1, 0.15) is 36.8 Å². The number of aliphatic hydroxyl groups is 1. The van der Waals surface area contributed by atoms with Crippen molar-refractivity contribution < 1.29 is 23.1 Å². The molecule has 1 aromatic carbocycles. The van der Waals surface area contributed by atoms with E-state index in [0.717, 1.165) is 10.0 Å². The van der Waals surface area contributed by atoms with Gasteiger partial charge < -0.3 is 10.4 Å². The van der Waals surface area contributed by atoms with Crippen LogP contribution in [-0.4, -0.2) is 22.7 Å². The quantitative estimate of drug-likeness (QED) is 0.716. The normalized spacial score (nSPS) is 27.7. The fourth-order valence-electron chi connectivity index (χ4n) is 3.60. The number of nitrogens with one attached hydrogen (secondary N) is 1. The summed E-state index contributed by atoms with van der Waals surface area (Å²) in [5, 5.41) is 13.4. The summed E-state index contributed by atoms with van der Waals surface area (Å²) in [5.41, 5.74) is 0.507. The Morgan fingerprint density at radius 2 is 1.92 bits per heavy atom. The lowest BCUT2D eigenvalue weighted by Gasteiger charge is -2.37. The first-order valence-corrected chi connectivity index (χ1v) is 8.53. The highest BCUT2D eigenvalue weighted by molar-refractivity contribution is 9.10. The van der Waals surface area contributed by atoms with Gasteiger partial charge in [-0.25, -0.2) is 0 Å². The van der Waals surface area contributed by atoms with E-state index in [1.165, 1.54) is 0 Å². The van der Waals surface area contributed by atoms with Crippen molar-refractivity contribution in [3.8, 4) is 0 Å². The molecule has 2 aliphatic rings. The summed E-state index contributed by atoms with van der Waals surface area (Å²) in [6.07, 6.45) is -4.25. The zero-order valence-corrected chi connectivity index (χ0v) is 14.6. The summed E-state index contributed by atoms with van der Waals surface area (Å²) >= 11 is 3.34. The molecule has 2 N–H and O–H groups in total. The average Bonchev–Trinajstić information content (AvgIpc) is 2.72. The first-order valence-electron chi connectivity index (χ1n) is 7.73. The number of hydrogen-bond acceptors (Lipinski definition) is 2. The molecule has 1 amide bonds. The van der Waals surface area contributed by atoms with Crippen molar-refractivity contribution in [2.75, 3.05) is 0 Å². The zero-order chi connectivity index (χ0) is 17.7. The van der Waals surface area contributed by atoms with Gasteiger partial charge in [0.25, 0.3) is 5.91 Å². The molecule has 0 bridgehead atoms. The van der Waals surface area contributed by atoms with Gasteiger partial charge in [-0.05, 0) is 55.9 Å². The Morgan fingerprint density at radius 1 is 1.29 bits per heavy atom. The molecule has 0 saturated heterocycles. The molecule has 3 nitrogen and oxygen atoms in total. The van der Waals surface area contributed by atoms with Crippen LogP contribution >= 0.6 is 15.9 Å². The van der Waals surface area contributed by atoms with Gasteiger partial charge >= 0.3 is 6.18 Å². The van der Waals surface area contributed by atoms with Crippen LogP contribution in [0.5, 0.6) is 0 Å². The fourth-order valence-corrected chi connectivity index (χ4v) is 3.96. The Bertz CT molecular complexity index is 719. The van der Waals surface area contributed by atoms with E-state index in [9.17, 15) is 23.1 Å². The second-order valence-corrected chi connectivity index (χ2v) is 7.45. The van der Waals surface area contributed by atoms with E-state index in [1.807, 2.05) is 19.1 Å². The van der Waals surface area contributed by atoms with Crippen LogP contribution in [0.4, 0.5) is 13.2 Å². The van der Waals surface area contributed by atoms with E-state index in [2.05, 4.69) is 21.2 Å². The monoisotopic (exact) mass is 403 g/mol. The van der Waals surface area contributed by atoms with Crippen LogP contribution < -0.4 is 5.32 Å². The second-order valence-electron chi connectivity index (χ2n) is 6.53. The lowest BCUT2D eigenvalue weighted by Crippen LogP contribution is -2.48. The lowest BCUT2D eigenvalue weighted by atomic mass is 9.75. The molecule has 1 spiro atoms. The molecule has 0 atom stereocenters. The predicted octanol–water partition coefficient (Wildman–Crippen LogP) is 4.65. The van der Waals surface area contributed by atoms with Crippen LogP contribution in [-0.2, 0) is 4.79 Å². The molecule has 3 rings (SSSR count). The molecule has 1 aliphatic heterocycles. The van der Waals surface area contributed by atoms with E-state index >= 15 is 0 Å². The molecule has 1 aliphatic carbocycles. The number of carbonyl (C=O) groups is 1. The highest BCUT2D eigenvalue weighted by atomic mass is 79.9. The minimum absolute atomic E-state index is 0.0886. The maximum atomic E-state index is 12.9. The number of halogens is 4. The number of rotatable bonds is 1. The zero-order valence-electron chi connectivity index (χ0n) is 13.0. The van der Waals surface area contributed by atoms with Crippen LogP contribution in [0.2, 0.25) is 0 Å². The molecule has 24 heavy (non-hydrogen) atoms. The third-order valence-corrected chi connectivity index (χ3v) is 5.53. The van der Waals surface area contributed by atoms with Crippen molar-refractivity contribution >= 4 is 27.4 Å². The number of carbonyl (C=O) groups excluding carboxylic acids is 1. The second kappa shape index (κ2) is 5.79. The average molecular weight is 404 g/mol. The molecular weight excluding hydrogens is 387 g/mol. The molecule has 1 saturated carbocycles. The van der Waals surface area contributed by atoms with Crippen molar-refractivity contribution in [3.05, 3.63) is 39.6 Å².